The lowest BCUT2D eigenvalue weighted by molar-refractivity contribution is 0.515. The van der Waals surface area contributed by atoms with Crippen molar-refractivity contribution in [2.75, 3.05) is 23.4 Å². The molecule has 1 N–H and O–H groups in total. The molecular weight excluding hydrogens is 218 g/mol. The zero-order chi connectivity index (χ0) is 11.2. The van der Waals surface area contributed by atoms with E-state index in [0.717, 1.165) is 30.4 Å². The number of rotatable bonds is 4. The van der Waals surface area contributed by atoms with Crippen LogP contribution in [0.4, 0.5) is 5.82 Å². The molecule has 16 heavy (non-hydrogen) atoms. The zero-order valence-electron chi connectivity index (χ0n) is 9.78. The van der Waals surface area contributed by atoms with Crippen molar-refractivity contribution in [3.63, 3.8) is 0 Å². The summed E-state index contributed by atoms with van der Waals surface area (Å²) in [7, 11) is 0. The zero-order valence-corrected chi connectivity index (χ0v) is 10.6. The summed E-state index contributed by atoms with van der Waals surface area (Å²) >= 11 is 2.07. The van der Waals surface area contributed by atoms with Crippen molar-refractivity contribution in [1.82, 2.24) is 9.97 Å². The second-order valence-electron chi connectivity index (χ2n) is 4.18. The Balaban J connectivity index is 1.83. The molecule has 1 aliphatic rings. The maximum atomic E-state index is 4.24. The fraction of sp³-hybridized carbons (Fsp3) is 0.667. The van der Waals surface area contributed by atoms with Crippen molar-refractivity contribution in [2.45, 2.75) is 26.2 Å². The maximum absolute atomic E-state index is 4.24. The van der Waals surface area contributed by atoms with Crippen LogP contribution in [-0.2, 0) is 6.42 Å². The quantitative estimate of drug-likeness (QED) is 0.873. The van der Waals surface area contributed by atoms with Crippen LogP contribution in [0.15, 0.2) is 12.4 Å². The molecule has 0 aromatic carbocycles. The average molecular weight is 237 g/mol. The van der Waals surface area contributed by atoms with Crippen molar-refractivity contribution >= 4 is 17.6 Å². The number of thioether (sulfide) groups is 1. The van der Waals surface area contributed by atoms with Gasteiger partial charge in [-0.15, -0.1) is 0 Å². The van der Waals surface area contributed by atoms with E-state index in [1.54, 1.807) is 6.33 Å². The smallest absolute Gasteiger partial charge is 0.129 e. The molecule has 1 fully saturated rings. The van der Waals surface area contributed by atoms with Crippen molar-refractivity contribution in [1.29, 1.82) is 0 Å². The summed E-state index contributed by atoms with van der Waals surface area (Å²) < 4.78 is 0. The Kier molecular flexibility index (Phi) is 4.45. The van der Waals surface area contributed by atoms with Crippen LogP contribution in [0, 0.1) is 5.92 Å². The minimum Gasteiger partial charge on any atom is -0.370 e. The standard InChI is InChI=1S/C12H19N3S/c1-2-11-7-12(15-9-14-11)13-8-10-3-5-16-6-4-10/h7,9-10H,2-6,8H2,1H3,(H,13,14,15). The number of hydrogen-bond acceptors (Lipinski definition) is 4. The highest BCUT2D eigenvalue weighted by atomic mass is 32.2. The van der Waals surface area contributed by atoms with Gasteiger partial charge in [-0.2, -0.15) is 11.8 Å². The summed E-state index contributed by atoms with van der Waals surface area (Å²) in [5.74, 6) is 4.43. The number of nitrogens with zero attached hydrogens (tertiary/aromatic N) is 2. The lowest BCUT2D eigenvalue weighted by Crippen LogP contribution is -2.19. The topological polar surface area (TPSA) is 37.8 Å². The van der Waals surface area contributed by atoms with Crippen molar-refractivity contribution < 1.29 is 0 Å². The Morgan fingerprint density at radius 3 is 2.94 bits per heavy atom. The van der Waals surface area contributed by atoms with Crippen molar-refractivity contribution in [3.8, 4) is 0 Å². The first-order valence-corrected chi connectivity index (χ1v) is 7.16. The van der Waals surface area contributed by atoms with Crippen LogP contribution in [-0.4, -0.2) is 28.0 Å². The first kappa shape index (κ1) is 11.7. The maximum Gasteiger partial charge on any atom is 0.129 e. The first-order valence-electron chi connectivity index (χ1n) is 6.01. The van der Waals surface area contributed by atoms with E-state index in [4.69, 9.17) is 0 Å². The van der Waals surface area contributed by atoms with Crippen LogP contribution >= 0.6 is 11.8 Å². The molecule has 0 atom stereocenters. The van der Waals surface area contributed by atoms with Crippen LogP contribution in [0.5, 0.6) is 0 Å². The fourth-order valence-corrected chi connectivity index (χ4v) is 3.09. The predicted molar refractivity (Wildman–Crippen MR) is 69.9 cm³/mol. The number of aryl methyl sites for hydroxylation is 1. The van der Waals surface area contributed by atoms with Crippen molar-refractivity contribution in [3.05, 3.63) is 18.1 Å². The largest absolute Gasteiger partial charge is 0.370 e. The Morgan fingerprint density at radius 2 is 2.19 bits per heavy atom. The minimum atomic E-state index is 0.821. The number of hydrogen-bond donors (Lipinski definition) is 1. The van der Waals surface area contributed by atoms with Gasteiger partial charge in [0.2, 0.25) is 0 Å². The van der Waals surface area contributed by atoms with Crippen LogP contribution < -0.4 is 5.32 Å². The molecule has 0 spiro atoms. The SMILES string of the molecule is CCc1cc(NCC2CCSCC2)ncn1. The van der Waals surface area contributed by atoms with E-state index in [1.807, 2.05) is 0 Å². The number of nitrogens with one attached hydrogen (secondary N) is 1. The molecule has 1 aromatic heterocycles. The van der Waals surface area contributed by atoms with Gasteiger partial charge in [-0.05, 0) is 36.7 Å². The molecule has 0 unspecified atom stereocenters. The van der Waals surface area contributed by atoms with Gasteiger partial charge in [0.05, 0.1) is 0 Å². The molecule has 1 aromatic rings. The second kappa shape index (κ2) is 6.09. The minimum absolute atomic E-state index is 0.821. The van der Waals surface area contributed by atoms with Gasteiger partial charge < -0.3 is 5.32 Å². The Morgan fingerprint density at radius 1 is 1.38 bits per heavy atom. The number of aromatic nitrogens is 2. The predicted octanol–water partition coefficient (Wildman–Crippen LogP) is 2.59. The molecule has 1 aliphatic heterocycles. The van der Waals surface area contributed by atoms with Gasteiger partial charge in [0.15, 0.2) is 0 Å². The molecule has 0 aliphatic carbocycles. The molecule has 3 nitrogen and oxygen atoms in total. The average Bonchev–Trinajstić information content (AvgIpc) is 2.38. The van der Waals surface area contributed by atoms with E-state index in [9.17, 15) is 0 Å². The molecule has 4 heteroatoms. The molecule has 2 rings (SSSR count). The van der Waals surface area contributed by atoms with E-state index in [0.29, 0.717) is 0 Å². The molecule has 88 valence electrons. The Bertz CT molecular complexity index is 324. The van der Waals surface area contributed by atoms with Crippen molar-refractivity contribution in [2.24, 2.45) is 5.92 Å². The molecule has 0 saturated carbocycles. The van der Waals surface area contributed by atoms with Gasteiger partial charge in [0.1, 0.15) is 12.1 Å². The Labute approximate surface area is 101 Å². The second-order valence-corrected chi connectivity index (χ2v) is 5.41. The third kappa shape index (κ3) is 3.37. The summed E-state index contributed by atoms with van der Waals surface area (Å²) in [6.45, 7) is 3.17. The highest BCUT2D eigenvalue weighted by molar-refractivity contribution is 7.99. The molecule has 0 radical (unpaired) electrons. The van der Waals surface area contributed by atoms with Gasteiger partial charge in [-0.25, -0.2) is 9.97 Å². The Hall–Kier alpha value is -0.770. The van der Waals surface area contributed by atoms with Gasteiger partial charge in [-0.3, -0.25) is 0 Å². The van der Waals surface area contributed by atoms with Gasteiger partial charge in [-0.1, -0.05) is 6.92 Å². The summed E-state index contributed by atoms with van der Waals surface area (Å²) in [5, 5.41) is 3.43. The third-order valence-electron chi connectivity index (χ3n) is 3.00. The highest BCUT2D eigenvalue weighted by Gasteiger charge is 2.13. The van der Waals surface area contributed by atoms with Crippen LogP contribution in [0.1, 0.15) is 25.5 Å². The molecule has 0 bridgehead atoms. The number of anilines is 1. The third-order valence-corrected chi connectivity index (χ3v) is 4.05. The van der Waals surface area contributed by atoms with Gasteiger partial charge >= 0.3 is 0 Å². The summed E-state index contributed by atoms with van der Waals surface area (Å²) in [4.78, 5) is 8.44. The molecular formula is C12H19N3S. The van der Waals surface area contributed by atoms with E-state index in [2.05, 4.69) is 40.0 Å². The van der Waals surface area contributed by atoms with Crippen LogP contribution in [0.25, 0.3) is 0 Å². The first-order chi connectivity index (χ1) is 7.88. The van der Waals surface area contributed by atoms with Crippen LogP contribution in [0.2, 0.25) is 0 Å². The normalized spacial score (nSPS) is 17.3. The van der Waals surface area contributed by atoms with Gasteiger partial charge in [0.25, 0.3) is 0 Å². The molecule has 2 heterocycles. The highest BCUT2D eigenvalue weighted by Crippen LogP contribution is 2.22. The van der Waals surface area contributed by atoms with E-state index >= 15 is 0 Å². The lowest BCUT2D eigenvalue weighted by Gasteiger charge is -2.21. The molecule has 1 saturated heterocycles. The van der Waals surface area contributed by atoms with Crippen LogP contribution in [0.3, 0.4) is 0 Å². The summed E-state index contributed by atoms with van der Waals surface area (Å²) in [5.41, 5.74) is 1.11. The monoisotopic (exact) mass is 237 g/mol. The van der Waals surface area contributed by atoms with Gasteiger partial charge in [0, 0.05) is 18.3 Å². The van der Waals surface area contributed by atoms with E-state index < -0.39 is 0 Å². The lowest BCUT2D eigenvalue weighted by atomic mass is 10.0. The summed E-state index contributed by atoms with van der Waals surface area (Å²) in [6.07, 6.45) is 5.29. The van der Waals surface area contributed by atoms with E-state index in [1.165, 1.54) is 24.3 Å². The fourth-order valence-electron chi connectivity index (χ4n) is 1.89. The molecule has 0 amide bonds. The summed E-state index contributed by atoms with van der Waals surface area (Å²) in [6, 6.07) is 2.05. The van der Waals surface area contributed by atoms with E-state index in [-0.39, 0.29) is 0 Å².